The Balaban J connectivity index is 0.000000646. The Bertz CT molecular complexity index is 1600. The van der Waals surface area contributed by atoms with Gasteiger partial charge >= 0.3 is 12.1 Å². The highest BCUT2D eigenvalue weighted by Crippen LogP contribution is 2.37. The van der Waals surface area contributed by atoms with Crippen molar-refractivity contribution in [2.75, 3.05) is 32.4 Å². The molecule has 0 atom stereocenters. The van der Waals surface area contributed by atoms with Crippen molar-refractivity contribution in [3.05, 3.63) is 59.3 Å². The first-order chi connectivity index (χ1) is 20.0. The van der Waals surface area contributed by atoms with Crippen LogP contribution in [0, 0.1) is 0 Å². The van der Waals surface area contributed by atoms with E-state index in [1.807, 2.05) is 42.4 Å². The van der Waals surface area contributed by atoms with E-state index in [2.05, 4.69) is 11.1 Å². The van der Waals surface area contributed by atoms with Gasteiger partial charge in [-0.25, -0.2) is 17.5 Å². The van der Waals surface area contributed by atoms with Gasteiger partial charge in [-0.05, 0) is 73.2 Å². The molecule has 0 spiro atoms. The van der Waals surface area contributed by atoms with Gasteiger partial charge in [-0.15, -0.1) is 0 Å². The van der Waals surface area contributed by atoms with E-state index >= 15 is 0 Å². The number of rotatable bonds is 9. The van der Waals surface area contributed by atoms with Crippen molar-refractivity contribution in [1.82, 2.24) is 14.2 Å². The summed E-state index contributed by atoms with van der Waals surface area (Å²) < 4.78 is 57.8. The molecule has 0 unspecified atom stereocenters. The van der Waals surface area contributed by atoms with Crippen LogP contribution in [0.25, 0.3) is 22.0 Å². The van der Waals surface area contributed by atoms with Gasteiger partial charge in [0.2, 0.25) is 15.9 Å². The normalized spacial score (nSPS) is 14.8. The Hall–Kier alpha value is -3.95. The zero-order valence-electron chi connectivity index (χ0n) is 23.6. The van der Waals surface area contributed by atoms with Crippen molar-refractivity contribution in [2.24, 2.45) is 11.5 Å². The number of nitrogens with one attached hydrogen (secondary N) is 1. The van der Waals surface area contributed by atoms with E-state index < -0.39 is 28.1 Å². The van der Waals surface area contributed by atoms with Crippen LogP contribution < -0.4 is 11.5 Å². The fourth-order valence-corrected chi connectivity index (χ4v) is 6.19. The molecule has 15 heteroatoms. The number of hydrogen-bond donors (Lipinski definition) is 4. The summed E-state index contributed by atoms with van der Waals surface area (Å²) in [6, 6.07) is 11.8. The molecule has 1 aromatic heterocycles. The highest BCUT2D eigenvalue weighted by atomic mass is 32.2. The molecule has 234 valence electrons. The van der Waals surface area contributed by atoms with Gasteiger partial charge in [-0.1, -0.05) is 18.2 Å². The highest BCUT2D eigenvalue weighted by molar-refractivity contribution is 7.89. The lowest BCUT2D eigenvalue weighted by Gasteiger charge is -2.31. The summed E-state index contributed by atoms with van der Waals surface area (Å²) in [5, 5.41) is 8.05. The number of carbonyl (C=O) groups excluding carboxylic acids is 2. The Labute approximate surface area is 246 Å². The van der Waals surface area contributed by atoms with Crippen molar-refractivity contribution >= 4 is 38.7 Å². The maximum atomic E-state index is 12.4. The van der Waals surface area contributed by atoms with Gasteiger partial charge in [0.05, 0.1) is 23.4 Å². The first-order valence-corrected chi connectivity index (χ1v) is 14.9. The van der Waals surface area contributed by atoms with E-state index in [0.29, 0.717) is 43.6 Å². The molecule has 4 rings (SSSR count). The molecular weight excluding hydrogens is 591 g/mol. The van der Waals surface area contributed by atoms with Gasteiger partial charge in [0.1, 0.15) is 0 Å². The van der Waals surface area contributed by atoms with Crippen LogP contribution in [0.3, 0.4) is 0 Å². The molecule has 1 aliphatic rings. The number of alkyl halides is 3. The molecule has 11 nitrogen and oxygen atoms in total. The molecule has 1 saturated heterocycles. The van der Waals surface area contributed by atoms with Gasteiger partial charge in [0.15, 0.2) is 0 Å². The van der Waals surface area contributed by atoms with Gasteiger partial charge in [0, 0.05) is 31.2 Å². The van der Waals surface area contributed by atoms with E-state index in [1.54, 1.807) is 17.3 Å². The average molecular weight is 626 g/mol. The number of H-pyrrole nitrogens is 1. The van der Waals surface area contributed by atoms with Crippen LogP contribution in [0.5, 0.6) is 0 Å². The maximum absolute atomic E-state index is 12.4. The number of piperidine rings is 1. The van der Waals surface area contributed by atoms with Gasteiger partial charge in [-0.3, -0.25) is 14.5 Å². The molecule has 1 aliphatic heterocycles. The second kappa shape index (κ2) is 13.6. The molecule has 0 bridgehead atoms. The number of nitrogens with zero attached hydrogens (tertiary/aromatic N) is 2. The smallest absolute Gasteiger partial charge is 0.475 e. The lowest BCUT2D eigenvalue weighted by molar-refractivity contribution is -0.192. The molecule has 0 aliphatic carbocycles. The van der Waals surface area contributed by atoms with Gasteiger partial charge in [0.25, 0.3) is 5.91 Å². The Morgan fingerprint density at radius 2 is 1.72 bits per heavy atom. The van der Waals surface area contributed by atoms with Crippen LogP contribution in [0.4, 0.5) is 13.2 Å². The molecule has 2 aromatic carbocycles. The summed E-state index contributed by atoms with van der Waals surface area (Å²) in [5.74, 6) is -3.38. The Morgan fingerprint density at radius 1 is 1.09 bits per heavy atom. The third-order valence-corrected chi connectivity index (χ3v) is 9.00. The number of amides is 2. The summed E-state index contributed by atoms with van der Waals surface area (Å²) >= 11 is 0. The number of likely N-dealkylation sites (N-methyl/N-ethyl adjacent to an activating group) is 1. The molecule has 6 N–H and O–H groups in total. The van der Waals surface area contributed by atoms with Gasteiger partial charge in [-0.2, -0.15) is 13.2 Å². The number of hydrogen-bond acceptors (Lipinski definition) is 6. The lowest BCUT2D eigenvalue weighted by Crippen LogP contribution is -2.38. The Morgan fingerprint density at radius 3 is 2.26 bits per heavy atom. The van der Waals surface area contributed by atoms with Crippen molar-refractivity contribution in [1.29, 1.82) is 0 Å². The molecular formula is C28H34F3N5O6S. The number of carboxylic acids is 1. The Kier molecular flexibility index (Phi) is 10.6. The number of primary amides is 2. The van der Waals surface area contributed by atoms with E-state index in [-0.39, 0.29) is 24.1 Å². The largest absolute Gasteiger partial charge is 0.490 e. The van der Waals surface area contributed by atoms with E-state index in [4.69, 9.17) is 21.4 Å². The average Bonchev–Trinajstić information content (AvgIpc) is 3.36. The van der Waals surface area contributed by atoms with Crippen LogP contribution in [0.1, 0.15) is 47.2 Å². The minimum atomic E-state index is -5.08. The van der Waals surface area contributed by atoms with Crippen LogP contribution in [-0.2, 0) is 26.2 Å². The van der Waals surface area contributed by atoms with Crippen LogP contribution >= 0.6 is 0 Å². The minimum Gasteiger partial charge on any atom is -0.475 e. The zero-order chi connectivity index (χ0) is 32.1. The number of nitrogens with two attached hydrogens (primary N) is 2. The van der Waals surface area contributed by atoms with Crippen LogP contribution in [-0.4, -0.2) is 84.1 Å². The highest BCUT2D eigenvalue weighted by Gasteiger charge is 2.38. The monoisotopic (exact) mass is 625 g/mol. The number of sulfonamides is 1. The lowest BCUT2D eigenvalue weighted by atomic mass is 9.88. The van der Waals surface area contributed by atoms with E-state index in [1.165, 1.54) is 0 Å². The number of aliphatic carboxylic acids is 1. The topological polar surface area (TPSA) is 180 Å². The quantitative estimate of drug-likeness (QED) is 0.282. The van der Waals surface area contributed by atoms with Crippen molar-refractivity contribution in [2.45, 2.75) is 38.4 Å². The van der Waals surface area contributed by atoms with E-state index in [0.717, 1.165) is 27.6 Å². The molecule has 1 fully saturated rings. The maximum Gasteiger partial charge on any atom is 0.490 e. The second-order valence-corrected chi connectivity index (χ2v) is 12.5. The molecule has 43 heavy (non-hydrogen) atoms. The van der Waals surface area contributed by atoms with Gasteiger partial charge < -0.3 is 21.6 Å². The number of aromatic amines is 1. The van der Waals surface area contributed by atoms with Crippen molar-refractivity contribution in [3.8, 4) is 11.1 Å². The summed E-state index contributed by atoms with van der Waals surface area (Å²) in [6.07, 6.45) is -1.74. The number of carbonyl (C=O) groups is 3. The summed E-state index contributed by atoms with van der Waals surface area (Å²) in [7, 11) is -1.37. The van der Waals surface area contributed by atoms with Crippen molar-refractivity contribution in [3.63, 3.8) is 0 Å². The fraction of sp³-hybridized carbons (Fsp3) is 0.393. The van der Waals surface area contributed by atoms with Crippen molar-refractivity contribution < 1.29 is 41.1 Å². The number of halogens is 3. The summed E-state index contributed by atoms with van der Waals surface area (Å²) in [4.78, 5) is 37.6. The first kappa shape index (κ1) is 33.6. The van der Waals surface area contributed by atoms with E-state index in [9.17, 15) is 31.2 Å². The standard InChI is InChI=1S/C26H33N5O4S.C2HF3O2/c1-3-36(34,35)31-9-7-18(8-10-31)23-14-29-25-21(23)12-20(13-22(25)26(28)33)19-6-4-5-17(11-19)15-30(2)16-24(27)32;3-2(4,5)1(6)7/h4-6,11-14,18,29H,3,7-10,15-16H2,1-2H3,(H2,27,32)(H2,28,33);(H,6,7). The summed E-state index contributed by atoms with van der Waals surface area (Å²) in [6.45, 7) is 3.34. The third kappa shape index (κ3) is 8.55. The number of benzene rings is 2. The molecule has 0 radical (unpaired) electrons. The third-order valence-electron chi connectivity index (χ3n) is 7.12. The second-order valence-electron chi connectivity index (χ2n) is 10.3. The summed E-state index contributed by atoms with van der Waals surface area (Å²) in [5.41, 5.74) is 16.0. The fourth-order valence-electron chi connectivity index (χ4n) is 5.06. The number of aromatic nitrogens is 1. The van der Waals surface area contributed by atoms with Crippen LogP contribution in [0.2, 0.25) is 0 Å². The first-order valence-electron chi connectivity index (χ1n) is 13.3. The molecule has 2 heterocycles. The SMILES string of the molecule is CCS(=O)(=O)N1CCC(c2c[nH]c3c(C(N)=O)cc(-c4cccc(CN(C)CC(N)=O)c4)cc23)CC1.O=C(O)C(F)(F)F. The minimum absolute atomic E-state index is 0.105. The van der Waals surface area contributed by atoms with Crippen LogP contribution in [0.15, 0.2) is 42.6 Å². The predicted molar refractivity (Wildman–Crippen MR) is 154 cm³/mol. The number of fused-ring (bicyclic) bond motifs is 1. The molecule has 3 aromatic rings. The molecule has 0 saturated carbocycles. The predicted octanol–water partition coefficient (Wildman–Crippen LogP) is 3.01. The molecule has 2 amide bonds. The number of carboxylic acid groups (broad SMARTS) is 1. The zero-order valence-corrected chi connectivity index (χ0v) is 24.5.